The van der Waals surface area contributed by atoms with Crippen molar-refractivity contribution in [2.24, 2.45) is 17.6 Å². The number of hydrogen-bond acceptors (Lipinski definition) is 3. The number of carbonyl (C=O) groups is 1. The molecular weight excluding hydrogens is 348 g/mol. The molecule has 1 aliphatic heterocycles. The Morgan fingerprint density at radius 1 is 1.23 bits per heavy atom. The molecule has 1 aliphatic carbocycles. The van der Waals surface area contributed by atoms with Gasteiger partial charge in [-0.05, 0) is 54.9 Å². The Labute approximate surface area is 159 Å². The van der Waals surface area contributed by atoms with Crippen LogP contribution in [0.15, 0.2) is 30.5 Å². The fourth-order valence-electron chi connectivity index (χ4n) is 4.51. The van der Waals surface area contributed by atoms with Crippen LogP contribution in [0.5, 0.6) is 0 Å². The number of hydrogen-bond donors (Lipinski definition) is 1. The van der Waals surface area contributed by atoms with Crippen molar-refractivity contribution in [3.8, 4) is 5.69 Å². The number of nitrogens with zero attached hydrogens (tertiary/aromatic N) is 3. The second kappa shape index (κ2) is 6.71. The minimum absolute atomic E-state index is 0.0792. The molecule has 2 aromatic rings. The van der Waals surface area contributed by atoms with E-state index < -0.39 is 0 Å². The van der Waals surface area contributed by atoms with Crippen molar-refractivity contribution in [2.75, 3.05) is 13.1 Å². The van der Waals surface area contributed by atoms with Gasteiger partial charge in [0.1, 0.15) is 0 Å². The quantitative estimate of drug-likeness (QED) is 0.897. The predicted octanol–water partition coefficient (Wildman–Crippen LogP) is 3.46. The number of rotatable bonds is 3. The van der Waals surface area contributed by atoms with Crippen molar-refractivity contribution >= 4 is 17.5 Å². The van der Waals surface area contributed by atoms with E-state index in [9.17, 15) is 4.79 Å². The summed E-state index contributed by atoms with van der Waals surface area (Å²) in [7, 11) is 0. The number of halogens is 1. The summed E-state index contributed by atoms with van der Waals surface area (Å²) < 4.78 is 1.86. The van der Waals surface area contributed by atoms with Crippen molar-refractivity contribution in [3.05, 3.63) is 46.7 Å². The molecule has 0 spiro atoms. The first-order valence-corrected chi connectivity index (χ1v) is 9.72. The third-order valence-electron chi connectivity index (χ3n) is 5.85. The van der Waals surface area contributed by atoms with Gasteiger partial charge in [-0.25, -0.2) is 4.68 Å². The average molecular weight is 373 g/mol. The summed E-state index contributed by atoms with van der Waals surface area (Å²) in [4.78, 5) is 15.2. The molecule has 26 heavy (non-hydrogen) atoms. The Balaban J connectivity index is 1.64. The molecule has 1 saturated carbocycles. The van der Waals surface area contributed by atoms with E-state index in [1.807, 2.05) is 33.8 Å². The molecule has 2 fully saturated rings. The van der Waals surface area contributed by atoms with Gasteiger partial charge in [0.25, 0.3) is 5.91 Å². The van der Waals surface area contributed by atoms with Crippen molar-refractivity contribution < 1.29 is 4.79 Å². The van der Waals surface area contributed by atoms with Crippen LogP contribution >= 0.6 is 11.6 Å². The maximum absolute atomic E-state index is 13.2. The summed E-state index contributed by atoms with van der Waals surface area (Å²) in [5, 5.41) is 5.20. The van der Waals surface area contributed by atoms with Crippen molar-refractivity contribution in [2.45, 2.75) is 38.6 Å². The smallest absolute Gasteiger partial charge is 0.257 e. The van der Waals surface area contributed by atoms with Crippen LogP contribution in [0.4, 0.5) is 0 Å². The van der Waals surface area contributed by atoms with Crippen molar-refractivity contribution in [1.82, 2.24) is 14.7 Å². The molecule has 3 unspecified atom stereocenters. The Morgan fingerprint density at radius 2 is 1.96 bits per heavy atom. The molecule has 2 aliphatic rings. The van der Waals surface area contributed by atoms with Crippen molar-refractivity contribution in [1.29, 1.82) is 0 Å². The number of benzene rings is 1. The highest BCUT2D eigenvalue weighted by Crippen LogP contribution is 2.38. The number of fused-ring (bicyclic) bond motifs is 1. The van der Waals surface area contributed by atoms with E-state index in [2.05, 4.69) is 18.9 Å². The van der Waals surface area contributed by atoms with Gasteiger partial charge in [0, 0.05) is 24.2 Å². The van der Waals surface area contributed by atoms with Gasteiger partial charge < -0.3 is 10.6 Å². The lowest BCUT2D eigenvalue weighted by Gasteiger charge is -2.20. The Morgan fingerprint density at radius 3 is 2.62 bits per heavy atom. The van der Waals surface area contributed by atoms with Crippen LogP contribution in [0.3, 0.4) is 0 Å². The lowest BCUT2D eigenvalue weighted by Crippen LogP contribution is -2.33. The summed E-state index contributed by atoms with van der Waals surface area (Å²) in [6, 6.07) is 7.77. The van der Waals surface area contributed by atoms with Gasteiger partial charge >= 0.3 is 0 Å². The standard InChI is InChI=1S/C20H25ClN4O/c1-12(2)19-16(9-23-25(19)15-6-4-14(21)5-7-15)20(26)24-10-13-3-8-18(22)17(13)11-24/h4-7,9,12-13,17-18H,3,8,10-11,22H2,1-2H3. The molecule has 1 amide bonds. The van der Waals surface area contributed by atoms with Crippen LogP contribution < -0.4 is 5.73 Å². The SMILES string of the molecule is CC(C)c1c(C(=O)N2CC3CCC(N)C3C2)cnn1-c1ccc(Cl)cc1. The molecule has 4 rings (SSSR count). The highest BCUT2D eigenvalue weighted by molar-refractivity contribution is 6.30. The lowest BCUT2D eigenvalue weighted by atomic mass is 9.98. The minimum atomic E-state index is 0.0792. The molecule has 6 heteroatoms. The van der Waals surface area contributed by atoms with Gasteiger partial charge in [-0.3, -0.25) is 4.79 Å². The number of nitrogens with two attached hydrogens (primary N) is 1. The number of aromatic nitrogens is 2. The Kier molecular flexibility index (Phi) is 4.53. The molecule has 138 valence electrons. The zero-order valence-electron chi connectivity index (χ0n) is 15.2. The van der Waals surface area contributed by atoms with Crippen LogP contribution in [0.25, 0.3) is 5.69 Å². The van der Waals surface area contributed by atoms with Crippen LogP contribution in [0.2, 0.25) is 5.02 Å². The molecule has 0 radical (unpaired) electrons. The monoisotopic (exact) mass is 372 g/mol. The zero-order chi connectivity index (χ0) is 18.4. The fourth-order valence-corrected chi connectivity index (χ4v) is 4.64. The van der Waals surface area contributed by atoms with Gasteiger partial charge in [0.2, 0.25) is 0 Å². The number of amides is 1. The lowest BCUT2D eigenvalue weighted by molar-refractivity contribution is 0.0778. The van der Waals surface area contributed by atoms with E-state index >= 15 is 0 Å². The summed E-state index contributed by atoms with van der Waals surface area (Å²) in [5.74, 6) is 1.27. The van der Waals surface area contributed by atoms with E-state index in [0.717, 1.165) is 37.3 Å². The average Bonchev–Trinajstić information content (AvgIpc) is 3.31. The van der Waals surface area contributed by atoms with Gasteiger partial charge in [-0.2, -0.15) is 5.10 Å². The van der Waals surface area contributed by atoms with E-state index in [0.29, 0.717) is 22.4 Å². The summed E-state index contributed by atoms with van der Waals surface area (Å²) in [6.07, 6.45) is 3.93. The third kappa shape index (κ3) is 2.93. The van der Waals surface area contributed by atoms with E-state index in [4.69, 9.17) is 17.3 Å². The van der Waals surface area contributed by atoms with E-state index in [1.54, 1.807) is 6.20 Å². The molecule has 2 N–H and O–H groups in total. The first kappa shape index (κ1) is 17.6. The van der Waals surface area contributed by atoms with Crippen LogP contribution in [0.1, 0.15) is 48.7 Å². The first-order chi connectivity index (χ1) is 12.5. The van der Waals surface area contributed by atoms with Crippen molar-refractivity contribution in [3.63, 3.8) is 0 Å². The molecule has 1 aromatic heterocycles. The maximum Gasteiger partial charge on any atom is 0.257 e. The Hall–Kier alpha value is -1.85. The normalized spacial score (nSPS) is 25.1. The summed E-state index contributed by atoms with van der Waals surface area (Å²) in [6.45, 7) is 5.78. The predicted molar refractivity (Wildman–Crippen MR) is 103 cm³/mol. The van der Waals surface area contributed by atoms with Crippen LogP contribution in [-0.4, -0.2) is 39.7 Å². The van der Waals surface area contributed by atoms with Gasteiger partial charge in [0.15, 0.2) is 0 Å². The largest absolute Gasteiger partial charge is 0.338 e. The topological polar surface area (TPSA) is 64.2 Å². The summed E-state index contributed by atoms with van der Waals surface area (Å²) >= 11 is 6.00. The molecule has 3 atom stereocenters. The molecular formula is C20H25ClN4O. The highest BCUT2D eigenvalue weighted by atomic mass is 35.5. The summed E-state index contributed by atoms with van der Waals surface area (Å²) in [5.41, 5.74) is 8.78. The minimum Gasteiger partial charge on any atom is -0.338 e. The molecule has 2 heterocycles. The third-order valence-corrected chi connectivity index (χ3v) is 6.11. The molecule has 1 saturated heterocycles. The van der Waals surface area contributed by atoms with Gasteiger partial charge in [-0.1, -0.05) is 25.4 Å². The maximum atomic E-state index is 13.2. The van der Waals surface area contributed by atoms with E-state index in [-0.39, 0.29) is 17.9 Å². The van der Waals surface area contributed by atoms with Crippen LogP contribution in [0, 0.1) is 11.8 Å². The second-order valence-electron chi connectivity index (χ2n) is 7.86. The number of carbonyl (C=O) groups excluding carboxylic acids is 1. The molecule has 0 bridgehead atoms. The highest BCUT2D eigenvalue weighted by Gasteiger charge is 2.43. The fraction of sp³-hybridized carbons (Fsp3) is 0.500. The van der Waals surface area contributed by atoms with Gasteiger partial charge in [-0.15, -0.1) is 0 Å². The zero-order valence-corrected chi connectivity index (χ0v) is 16.0. The Bertz CT molecular complexity index is 814. The van der Waals surface area contributed by atoms with Gasteiger partial charge in [0.05, 0.1) is 23.1 Å². The number of likely N-dealkylation sites (tertiary alicyclic amines) is 1. The molecule has 5 nitrogen and oxygen atoms in total. The first-order valence-electron chi connectivity index (χ1n) is 9.34. The van der Waals surface area contributed by atoms with E-state index in [1.165, 1.54) is 0 Å². The van der Waals surface area contributed by atoms with Crippen LogP contribution in [-0.2, 0) is 0 Å². The second-order valence-corrected chi connectivity index (χ2v) is 8.30. The molecule has 1 aromatic carbocycles.